The van der Waals surface area contributed by atoms with Crippen molar-refractivity contribution >= 4 is 50.6 Å². The number of carbonyl (C=O) groups is 3. The van der Waals surface area contributed by atoms with Crippen LogP contribution in [0.2, 0.25) is 0 Å². The third-order valence-electron chi connectivity index (χ3n) is 5.56. The van der Waals surface area contributed by atoms with Crippen molar-refractivity contribution in [3.63, 3.8) is 0 Å². The van der Waals surface area contributed by atoms with Crippen LogP contribution in [0, 0.1) is 0 Å². The first kappa shape index (κ1) is 29.7. The third kappa shape index (κ3) is 6.97. The Morgan fingerprint density at radius 1 is 0.425 bits per heavy atom. The van der Waals surface area contributed by atoms with Gasteiger partial charge in [-0.25, -0.2) is 0 Å². The van der Waals surface area contributed by atoms with Gasteiger partial charge in [0.2, 0.25) is 0 Å². The van der Waals surface area contributed by atoms with E-state index in [0.29, 0.717) is 16.6 Å². The molecule has 0 radical (unpaired) electrons. The smallest absolute Gasteiger partial charge is 0.545 e. The van der Waals surface area contributed by atoms with Gasteiger partial charge in [-0.3, -0.25) is 15.0 Å². The first-order valence-electron chi connectivity index (χ1n) is 11.5. The molecule has 0 aliphatic rings. The molecule has 0 bridgehead atoms. The van der Waals surface area contributed by atoms with Gasteiger partial charge in [0.1, 0.15) is 0 Å². The summed E-state index contributed by atoms with van der Waals surface area (Å²) >= 11 is 0. The topological polar surface area (TPSA) is 159 Å². The third-order valence-corrected chi connectivity index (χ3v) is 5.56. The average molecular weight is 561 g/mol. The molecule has 9 nitrogen and oxygen atoms in total. The fourth-order valence-corrected chi connectivity index (χ4v) is 3.81. The first-order chi connectivity index (χ1) is 18.9. The molecule has 0 saturated heterocycles. The summed E-state index contributed by atoms with van der Waals surface area (Å²) in [6, 6.07) is 25.7. The SMILES string of the molecule is O=C([O-])c1cccc2cccnc12.O=C([O-])c1cccc2cccnc12.O=C([O-])c1cccc2cccnc12.[Sc+3]. The Bertz CT molecular complexity index is 1600. The summed E-state index contributed by atoms with van der Waals surface area (Å²) in [6.45, 7) is 0. The number of pyridine rings is 3. The zero-order valence-corrected chi connectivity index (χ0v) is 22.6. The zero-order chi connectivity index (χ0) is 27.8. The molecule has 0 aliphatic heterocycles. The van der Waals surface area contributed by atoms with E-state index in [1.54, 1.807) is 55.0 Å². The molecule has 3 aromatic heterocycles. The van der Waals surface area contributed by atoms with E-state index in [1.807, 2.05) is 36.4 Å². The van der Waals surface area contributed by atoms with E-state index in [1.165, 1.54) is 18.2 Å². The van der Waals surface area contributed by atoms with E-state index in [0.717, 1.165) is 16.2 Å². The van der Waals surface area contributed by atoms with Crippen molar-refractivity contribution in [3.8, 4) is 0 Å². The van der Waals surface area contributed by atoms with E-state index in [4.69, 9.17) is 0 Å². The largest absolute Gasteiger partial charge is 3.00 e. The molecule has 10 heteroatoms. The van der Waals surface area contributed by atoms with Crippen LogP contribution in [-0.2, 0) is 25.8 Å². The van der Waals surface area contributed by atoms with E-state index in [9.17, 15) is 29.7 Å². The second kappa shape index (κ2) is 13.8. The number of benzene rings is 3. The predicted molar refractivity (Wildman–Crippen MR) is 138 cm³/mol. The zero-order valence-electron chi connectivity index (χ0n) is 20.8. The number of nitrogens with zero attached hydrogens (tertiary/aromatic N) is 3. The molecule has 6 aromatic rings. The Balaban J connectivity index is 0.000000163. The van der Waals surface area contributed by atoms with Crippen molar-refractivity contribution in [1.82, 2.24) is 15.0 Å². The van der Waals surface area contributed by atoms with Crippen LogP contribution in [0.1, 0.15) is 31.1 Å². The van der Waals surface area contributed by atoms with Crippen LogP contribution in [0.5, 0.6) is 0 Å². The quantitative estimate of drug-likeness (QED) is 0.314. The van der Waals surface area contributed by atoms with Crippen LogP contribution in [0.25, 0.3) is 32.7 Å². The molecule has 0 N–H and O–H groups in total. The number of carboxylic acid groups (broad SMARTS) is 3. The van der Waals surface area contributed by atoms with Crippen molar-refractivity contribution in [2.45, 2.75) is 0 Å². The second-order valence-corrected chi connectivity index (χ2v) is 8.00. The number of carboxylic acids is 3. The van der Waals surface area contributed by atoms with Gasteiger partial charge in [0, 0.05) is 51.4 Å². The van der Waals surface area contributed by atoms with E-state index >= 15 is 0 Å². The molecule has 192 valence electrons. The summed E-state index contributed by atoms with van der Waals surface area (Å²) in [5.41, 5.74) is 1.84. The molecular weight excluding hydrogens is 543 g/mol. The standard InChI is InChI=1S/3C10H7NO2.Sc/c3*12-10(13)8-5-1-3-7-4-2-6-11-9(7)8;/h3*1-6H,(H,12,13);/q;;;+3/p-3. The molecule has 0 unspecified atom stereocenters. The van der Waals surface area contributed by atoms with Crippen LogP contribution in [0.4, 0.5) is 0 Å². The molecule has 3 heterocycles. The minimum atomic E-state index is -1.19. The van der Waals surface area contributed by atoms with Crippen LogP contribution in [-0.4, -0.2) is 32.9 Å². The van der Waals surface area contributed by atoms with Gasteiger partial charge in [-0.2, -0.15) is 0 Å². The summed E-state index contributed by atoms with van der Waals surface area (Å²) in [5.74, 6) is -3.57. The molecular formula is C30H18N3O6Sc. The Kier molecular flexibility index (Phi) is 10.3. The maximum Gasteiger partial charge on any atom is 3.00 e. The van der Waals surface area contributed by atoms with Crippen LogP contribution >= 0.6 is 0 Å². The van der Waals surface area contributed by atoms with Gasteiger partial charge in [0.05, 0.1) is 34.5 Å². The number of aromatic nitrogens is 3. The number of aromatic carboxylic acids is 3. The van der Waals surface area contributed by atoms with Crippen molar-refractivity contribution in [2.75, 3.05) is 0 Å². The minimum absolute atomic E-state index is 0. The first-order valence-corrected chi connectivity index (χ1v) is 11.5. The Hall–Kier alpha value is -4.83. The maximum absolute atomic E-state index is 10.7. The Morgan fingerprint density at radius 2 is 0.675 bits per heavy atom. The number of hydrogen-bond donors (Lipinski definition) is 0. The summed E-state index contributed by atoms with van der Waals surface area (Å²) in [5, 5.41) is 34.4. The summed E-state index contributed by atoms with van der Waals surface area (Å²) in [4.78, 5) is 43.9. The van der Waals surface area contributed by atoms with Crippen molar-refractivity contribution in [1.29, 1.82) is 0 Å². The number of rotatable bonds is 3. The normalized spacial score (nSPS) is 9.90. The number of para-hydroxylation sites is 3. The van der Waals surface area contributed by atoms with E-state index < -0.39 is 17.9 Å². The second-order valence-electron chi connectivity index (χ2n) is 8.00. The minimum Gasteiger partial charge on any atom is -0.545 e. The molecule has 6 rings (SSSR count). The van der Waals surface area contributed by atoms with Crippen molar-refractivity contribution in [2.24, 2.45) is 0 Å². The fraction of sp³-hybridized carbons (Fsp3) is 0. The van der Waals surface area contributed by atoms with Gasteiger partial charge in [-0.05, 0) is 18.2 Å². The molecule has 0 fully saturated rings. The van der Waals surface area contributed by atoms with Gasteiger partial charge in [0.15, 0.2) is 0 Å². The molecule has 3 aromatic carbocycles. The Labute approximate surface area is 246 Å². The van der Waals surface area contributed by atoms with E-state index in [-0.39, 0.29) is 42.5 Å². The van der Waals surface area contributed by atoms with Gasteiger partial charge < -0.3 is 29.7 Å². The van der Waals surface area contributed by atoms with E-state index in [2.05, 4.69) is 15.0 Å². The molecule has 0 aliphatic carbocycles. The van der Waals surface area contributed by atoms with Crippen molar-refractivity contribution in [3.05, 3.63) is 126 Å². The van der Waals surface area contributed by atoms with Gasteiger partial charge in [-0.1, -0.05) is 72.8 Å². The predicted octanol–water partition coefficient (Wildman–Crippen LogP) is 1.79. The van der Waals surface area contributed by atoms with Crippen LogP contribution in [0.3, 0.4) is 0 Å². The van der Waals surface area contributed by atoms with Gasteiger partial charge in [-0.15, -0.1) is 0 Å². The fourth-order valence-electron chi connectivity index (χ4n) is 3.81. The number of carbonyl (C=O) groups excluding carboxylic acids is 3. The summed E-state index contributed by atoms with van der Waals surface area (Å²) < 4.78 is 0. The number of fused-ring (bicyclic) bond motifs is 3. The number of hydrogen-bond acceptors (Lipinski definition) is 9. The Morgan fingerprint density at radius 3 is 0.925 bits per heavy atom. The van der Waals surface area contributed by atoms with Gasteiger partial charge >= 0.3 is 25.8 Å². The van der Waals surface area contributed by atoms with Gasteiger partial charge in [0.25, 0.3) is 0 Å². The molecule has 0 atom stereocenters. The summed E-state index contributed by atoms with van der Waals surface area (Å²) in [6.07, 6.45) is 4.69. The van der Waals surface area contributed by atoms with Crippen molar-refractivity contribution < 1.29 is 55.5 Å². The average Bonchev–Trinajstić information content (AvgIpc) is 2.96. The summed E-state index contributed by atoms with van der Waals surface area (Å²) in [7, 11) is 0. The maximum atomic E-state index is 10.7. The molecule has 0 saturated carbocycles. The molecule has 40 heavy (non-hydrogen) atoms. The molecule has 0 spiro atoms. The monoisotopic (exact) mass is 561 g/mol. The van der Waals surface area contributed by atoms with Crippen LogP contribution < -0.4 is 15.3 Å². The molecule has 0 amide bonds. The van der Waals surface area contributed by atoms with Crippen LogP contribution in [0.15, 0.2) is 110 Å².